The molecule has 1 aliphatic carbocycles. The van der Waals surface area contributed by atoms with Gasteiger partial charge in [0.25, 0.3) is 5.91 Å². The van der Waals surface area contributed by atoms with E-state index in [1.54, 1.807) is 6.07 Å². The first-order chi connectivity index (χ1) is 9.52. The van der Waals surface area contributed by atoms with Crippen molar-refractivity contribution < 1.29 is 4.79 Å². The minimum absolute atomic E-state index is 0.0812. The van der Waals surface area contributed by atoms with Crippen LogP contribution in [0, 0.1) is 0 Å². The summed E-state index contributed by atoms with van der Waals surface area (Å²) in [5.74, 6) is 0.481. The number of hydrogen-bond acceptors (Lipinski definition) is 3. The summed E-state index contributed by atoms with van der Waals surface area (Å²) in [6.45, 7) is 4.27. The van der Waals surface area contributed by atoms with Crippen molar-refractivity contribution >= 4 is 16.9 Å². The van der Waals surface area contributed by atoms with E-state index in [0.29, 0.717) is 17.1 Å². The molecule has 5 heteroatoms. The number of imidazole rings is 1. The minimum Gasteiger partial charge on any atom is -0.366 e. The molecule has 3 rings (SSSR count). The van der Waals surface area contributed by atoms with Crippen molar-refractivity contribution in [1.29, 1.82) is 0 Å². The number of benzene rings is 1. The Kier molecular flexibility index (Phi) is 3.01. The predicted molar refractivity (Wildman–Crippen MR) is 78.4 cm³/mol. The lowest BCUT2D eigenvalue weighted by molar-refractivity contribution is 0.100. The van der Waals surface area contributed by atoms with Crippen LogP contribution in [-0.4, -0.2) is 21.9 Å². The molecule has 0 unspecified atom stereocenters. The first kappa shape index (κ1) is 13.1. The lowest BCUT2D eigenvalue weighted by Crippen LogP contribution is -2.51. The molecule has 106 valence electrons. The van der Waals surface area contributed by atoms with E-state index in [-0.39, 0.29) is 5.54 Å². The van der Waals surface area contributed by atoms with Gasteiger partial charge in [0.15, 0.2) is 0 Å². The summed E-state index contributed by atoms with van der Waals surface area (Å²) in [6, 6.07) is 5.87. The summed E-state index contributed by atoms with van der Waals surface area (Å²) in [6.07, 6.45) is 3.33. The van der Waals surface area contributed by atoms with Gasteiger partial charge in [-0.15, -0.1) is 0 Å². The topological polar surface area (TPSA) is 83.8 Å². The van der Waals surface area contributed by atoms with Crippen molar-refractivity contribution in [1.82, 2.24) is 15.3 Å². The first-order valence-corrected chi connectivity index (χ1v) is 7.08. The summed E-state index contributed by atoms with van der Waals surface area (Å²) < 4.78 is 0. The van der Waals surface area contributed by atoms with Crippen LogP contribution in [0.25, 0.3) is 11.0 Å². The van der Waals surface area contributed by atoms with Gasteiger partial charge < -0.3 is 16.0 Å². The van der Waals surface area contributed by atoms with Crippen LogP contribution in [0.2, 0.25) is 0 Å². The molecule has 0 saturated heterocycles. The van der Waals surface area contributed by atoms with E-state index in [4.69, 9.17) is 5.73 Å². The maximum atomic E-state index is 11.5. The van der Waals surface area contributed by atoms with Crippen LogP contribution in [-0.2, 0) is 5.54 Å². The van der Waals surface area contributed by atoms with Gasteiger partial charge in [-0.2, -0.15) is 0 Å². The molecular weight excluding hydrogens is 252 g/mol. The number of fused-ring (bicyclic) bond motifs is 1. The number of hydrogen-bond donors (Lipinski definition) is 3. The monoisotopic (exact) mass is 272 g/mol. The van der Waals surface area contributed by atoms with E-state index < -0.39 is 5.91 Å². The highest BCUT2D eigenvalue weighted by molar-refractivity contribution is 6.04. The number of carbonyl (C=O) groups is 1. The van der Waals surface area contributed by atoms with Gasteiger partial charge in [0.05, 0.1) is 16.6 Å². The third-order valence-corrected chi connectivity index (χ3v) is 4.00. The highest BCUT2D eigenvalue weighted by Crippen LogP contribution is 2.41. The third kappa shape index (κ3) is 1.98. The molecule has 4 N–H and O–H groups in total. The fourth-order valence-electron chi connectivity index (χ4n) is 2.99. The molecular formula is C15H20N4O. The van der Waals surface area contributed by atoms with Gasteiger partial charge in [-0.3, -0.25) is 4.79 Å². The second-order valence-electron chi connectivity index (χ2n) is 5.89. The molecule has 1 fully saturated rings. The quantitative estimate of drug-likeness (QED) is 0.796. The Balaban J connectivity index is 2.09. The van der Waals surface area contributed by atoms with Crippen LogP contribution in [0.3, 0.4) is 0 Å². The maximum Gasteiger partial charge on any atom is 0.250 e. The van der Waals surface area contributed by atoms with Crippen LogP contribution in [0.5, 0.6) is 0 Å². The average Bonchev–Trinajstić information content (AvgIpc) is 2.76. The molecule has 20 heavy (non-hydrogen) atoms. The molecule has 1 aromatic carbocycles. The minimum atomic E-state index is -0.437. The normalized spacial score (nSPS) is 17.4. The lowest BCUT2D eigenvalue weighted by atomic mass is 9.75. The van der Waals surface area contributed by atoms with Crippen molar-refractivity contribution in [2.24, 2.45) is 5.73 Å². The first-order valence-electron chi connectivity index (χ1n) is 7.08. The molecule has 0 radical (unpaired) electrons. The molecule has 1 amide bonds. The van der Waals surface area contributed by atoms with Gasteiger partial charge in [0.1, 0.15) is 11.3 Å². The number of carbonyl (C=O) groups excluding carboxylic acids is 1. The summed E-state index contributed by atoms with van der Waals surface area (Å²) in [5, 5.41) is 3.61. The Morgan fingerprint density at radius 1 is 1.45 bits per heavy atom. The predicted octanol–water partition coefficient (Wildman–Crippen LogP) is 2.04. The molecule has 1 aliphatic rings. The van der Waals surface area contributed by atoms with Crippen molar-refractivity contribution in [2.75, 3.05) is 0 Å². The van der Waals surface area contributed by atoms with E-state index in [1.165, 1.54) is 6.42 Å². The maximum absolute atomic E-state index is 11.5. The fraction of sp³-hybridized carbons (Fsp3) is 0.467. The molecule has 0 aliphatic heterocycles. The van der Waals surface area contributed by atoms with Crippen LogP contribution < -0.4 is 11.1 Å². The van der Waals surface area contributed by atoms with Gasteiger partial charge >= 0.3 is 0 Å². The smallest absolute Gasteiger partial charge is 0.250 e. The van der Waals surface area contributed by atoms with E-state index in [9.17, 15) is 4.79 Å². The number of nitrogens with zero attached hydrogens (tertiary/aromatic N) is 1. The zero-order valence-corrected chi connectivity index (χ0v) is 11.9. The standard InChI is InChI=1S/C15H20N4O/c1-9(2)19-15(7-4-8-15)14-17-11-6-3-5-10(13(16)20)12(11)18-14/h3,5-6,9,19H,4,7-8H2,1-2H3,(H2,16,20)(H,17,18). The number of amides is 1. The summed E-state index contributed by atoms with van der Waals surface area (Å²) in [7, 11) is 0. The molecule has 0 spiro atoms. The van der Waals surface area contributed by atoms with Gasteiger partial charge in [0, 0.05) is 6.04 Å². The Bertz CT molecular complexity index is 655. The van der Waals surface area contributed by atoms with Crippen LogP contribution >= 0.6 is 0 Å². The number of para-hydroxylation sites is 1. The Labute approximate surface area is 118 Å². The Morgan fingerprint density at radius 2 is 2.20 bits per heavy atom. The highest BCUT2D eigenvalue weighted by atomic mass is 16.1. The summed E-state index contributed by atoms with van der Waals surface area (Å²) >= 11 is 0. The van der Waals surface area contributed by atoms with Crippen molar-refractivity contribution in [3.63, 3.8) is 0 Å². The number of nitrogens with two attached hydrogens (primary N) is 1. The zero-order valence-electron chi connectivity index (χ0n) is 11.9. The molecule has 1 saturated carbocycles. The summed E-state index contributed by atoms with van der Waals surface area (Å²) in [5.41, 5.74) is 7.35. The van der Waals surface area contributed by atoms with E-state index in [0.717, 1.165) is 24.2 Å². The van der Waals surface area contributed by atoms with Crippen molar-refractivity contribution in [3.8, 4) is 0 Å². The van der Waals surface area contributed by atoms with Crippen LogP contribution in [0.4, 0.5) is 0 Å². The second-order valence-corrected chi connectivity index (χ2v) is 5.89. The molecule has 0 atom stereocenters. The number of aromatic amines is 1. The van der Waals surface area contributed by atoms with E-state index >= 15 is 0 Å². The van der Waals surface area contributed by atoms with E-state index in [1.807, 2.05) is 12.1 Å². The summed E-state index contributed by atoms with van der Waals surface area (Å²) in [4.78, 5) is 19.5. The SMILES string of the molecule is CC(C)NC1(c2nc3c(C(N)=O)cccc3[nH]2)CCC1. The lowest BCUT2D eigenvalue weighted by Gasteiger charge is -2.42. The molecule has 0 bridgehead atoms. The van der Waals surface area contributed by atoms with Gasteiger partial charge in [-0.1, -0.05) is 6.07 Å². The highest BCUT2D eigenvalue weighted by Gasteiger charge is 2.41. The van der Waals surface area contributed by atoms with Crippen molar-refractivity contribution in [3.05, 3.63) is 29.6 Å². The largest absolute Gasteiger partial charge is 0.366 e. The second kappa shape index (κ2) is 4.59. The number of primary amides is 1. The van der Waals surface area contributed by atoms with Crippen molar-refractivity contribution in [2.45, 2.75) is 44.7 Å². The zero-order chi connectivity index (χ0) is 14.3. The average molecular weight is 272 g/mol. The number of nitrogens with one attached hydrogen (secondary N) is 2. The molecule has 1 aromatic heterocycles. The van der Waals surface area contributed by atoms with Gasteiger partial charge in [0.2, 0.25) is 0 Å². The Hall–Kier alpha value is -1.88. The molecule has 2 aromatic rings. The van der Waals surface area contributed by atoms with E-state index in [2.05, 4.69) is 29.1 Å². The van der Waals surface area contributed by atoms with Gasteiger partial charge in [-0.25, -0.2) is 4.98 Å². The van der Waals surface area contributed by atoms with Crippen LogP contribution in [0.15, 0.2) is 18.2 Å². The number of aromatic nitrogens is 2. The Morgan fingerprint density at radius 3 is 2.75 bits per heavy atom. The van der Waals surface area contributed by atoms with Crippen LogP contribution in [0.1, 0.15) is 49.3 Å². The number of rotatable bonds is 4. The third-order valence-electron chi connectivity index (χ3n) is 4.00. The molecule has 1 heterocycles. The fourth-order valence-corrected chi connectivity index (χ4v) is 2.99. The number of H-pyrrole nitrogens is 1. The van der Waals surface area contributed by atoms with Gasteiger partial charge in [-0.05, 0) is 45.2 Å². The molecule has 5 nitrogen and oxygen atoms in total.